The molecule has 6 heteroatoms. The first-order chi connectivity index (χ1) is 8.84. The number of H-pyrrole nitrogens is 1. The van der Waals surface area contributed by atoms with Crippen LogP contribution in [0.3, 0.4) is 0 Å². The molecule has 0 saturated carbocycles. The van der Waals surface area contributed by atoms with E-state index in [0.717, 1.165) is 11.0 Å². The Bertz CT molecular complexity index is 953. The van der Waals surface area contributed by atoms with E-state index in [9.17, 15) is 4.79 Å². The SMILES string of the molecule is O=c1[nH]c2nc3ccccc3n2c2ncncc12. The maximum atomic E-state index is 11.9. The van der Waals surface area contributed by atoms with Gasteiger partial charge in [0.2, 0.25) is 5.78 Å². The molecule has 0 aliphatic carbocycles. The third-order valence-corrected chi connectivity index (χ3v) is 2.93. The maximum absolute atomic E-state index is 11.9. The summed E-state index contributed by atoms with van der Waals surface area (Å²) in [5.74, 6) is 0.493. The second kappa shape index (κ2) is 3.13. The van der Waals surface area contributed by atoms with Crippen LogP contribution < -0.4 is 5.56 Å². The van der Waals surface area contributed by atoms with Crippen LogP contribution in [0.25, 0.3) is 27.8 Å². The van der Waals surface area contributed by atoms with Crippen molar-refractivity contribution in [2.75, 3.05) is 0 Å². The summed E-state index contributed by atoms with van der Waals surface area (Å²) in [6, 6.07) is 7.67. The minimum atomic E-state index is -0.228. The topological polar surface area (TPSA) is 75.9 Å². The summed E-state index contributed by atoms with van der Waals surface area (Å²) in [4.78, 5) is 27.1. The lowest BCUT2D eigenvalue weighted by atomic mass is 10.3. The number of aromatic amines is 1. The first-order valence-electron chi connectivity index (χ1n) is 5.44. The molecule has 0 amide bonds. The summed E-state index contributed by atoms with van der Waals surface area (Å²) < 4.78 is 1.83. The Hall–Kier alpha value is -2.76. The number of aromatic nitrogens is 5. The van der Waals surface area contributed by atoms with Crippen molar-refractivity contribution in [3.8, 4) is 0 Å². The molecule has 3 aromatic heterocycles. The third-order valence-electron chi connectivity index (χ3n) is 2.93. The maximum Gasteiger partial charge on any atom is 0.263 e. The second-order valence-corrected chi connectivity index (χ2v) is 3.97. The van der Waals surface area contributed by atoms with Crippen molar-refractivity contribution < 1.29 is 0 Å². The molecule has 0 unspecified atom stereocenters. The van der Waals surface area contributed by atoms with Gasteiger partial charge in [0.15, 0.2) is 5.65 Å². The van der Waals surface area contributed by atoms with Crippen molar-refractivity contribution in [1.82, 2.24) is 24.3 Å². The normalized spacial score (nSPS) is 11.6. The predicted octanol–water partition coefficient (Wildman–Crippen LogP) is 1.12. The molecular weight excluding hydrogens is 230 g/mol. The van der Waals surface area contributed by atoms with E-state index < -0.39 is 0 Å². The van der Waals surface area contributed by atoms with Crippen molar-refractivity contribution in [2.24, 2.45) is 0 Å². The van der Waals surface area contributed by atoms with E-state index in [0.29, 0.717) is 16.8 Å². The summed E-state index contributed by atoms with van der Waals surface area (Å²) in [7, 11) is 0. The number of rotatable bonds is 0. The van der Waals surface area contributed by atoms with Gasteiger partial charge in [0.25, 0.3) is 5.56 Å². The van der Waals surface area contributed by atoms with Gasteiger partial charge in [-0.2, -0.15) is 0 Å². The quantitative estimate of drug-likeness (QED) is 0.497. The molecular formula is C12H7N5O. The fourth-order valence-electron chi connectivity index (χ4n) is 2.15. The van der Waals surface area contributed by atoms with Crippen molar-refractivity contribution >= 4 is 27.8 Å². The zero-order valence-electron chi connectivity index (χ0n) is 9.16. The molecule has 0 saturated heterocycles. The Kier molecular flexibility index (Phi) is 1.62. The van der Waals surface area contributed by atoms with Gasteiger partial charge < -0.3 is 0 Å². The molecule has 4 aromatic rings. The standard InChI is InChI=1S/C12H7N5O/c18-11-7-5-13-6-14-10(7)17-9-4-2-1-3-8(9)15-12(17)16-11/h1-6H,(H,15,16,18). The number of nitrogens with one attached hydrogen (secondary N) is 1. The molecule has 0 spiro atoms. The van der Waals surface area contributed by atoms with Gasteiger partial charge in [-0.15, -0.1) is 0 Å². The average molecular weight is 237 g/mol. The monoisotopic (exact) mass is 237 g/mol. The molecule has 1 N–H and O–H groups in total. The molecule has 0 radical (unpaired) electrons. The Balaban J connectivity index is 2.43. The van der Waals surface area contributed by atoms with Gasteiger partial charge in [-0.3, -0.25) is 14.2 Å². The number of para-hydroxylation sites is 2. The van der Waals surface area contributed by atoms with E-state index in [2.05, 4.69) is 19.9 Å². The van der Waals surface area contributed by atoms with Gasteiger partial charge in [-0.1, -0.05) is 12.1 Å². The first kappa shape index (κ1) is 9.29. The van der Waals surface area contributed by atoms with Gasteiger partial charge in [0.1, 0.15) is 11.7 Å². The van der Waals surface area contributed by atoms with Crippen LogP contribution >= 0.6 is 0 Å². The summed E-state index contributed by atoms with van der Waals surface area (Å²) in [6.07, 6.45) is 2.94. The highest BCUT2D eigenvalue weighted by atomic mass is 16.1. The van der Waals surface area contributed by atoms with Gasteiger partial charge in [-0.05, 0) is 12.1 Å². The minimum absolute atomic E-state index is 0.228. The van der Waals surface area contributed by atoms with Gasteiger partial charge >= 0.3 is 0 Å². The Morgan fingerprint density at radius 3 is 3.06 bits per heavy atom. The van der Waals surface area contributed by atoms with Crippen LogP contribution in [0.15, 0.2) is 41.6 Å². The molecule has 18 heavy (non-hydrogen) atoms. The van der Waals surface area contributed by atoms with Crippen LogP contribution in [-0.4, -0.2) is 24.3 Å². The van der Waals surface area contributed by atoms with E-state index in [1.807, 2.05) is 28.7 Å². The zero-order chi connectivity index (χ0) is 12.1. The van der Waals surface area contributed by atoms with E-state index in [1.165, 1.54) is 12.5 Å². The number of hydrogen-bond donors (Lipinski definition) is 1. The highest BCUT2D eigenvalue weighted by molar-refractivity contribution is 5.86. The van der Waals surface area contributed by atoms with Gasteiger partial charge in [-0.25, -0.2) is 15.0 Å². The lowest BCUT2D eigenvalue weighted by molar-refractivity contribution is 1.09. The highest BCUT2D eigenvalue weighted by Crippen LogP contribution is 2.17. The van der Waals surface area contributed by atoms with Crippen LogP contribution in [0.5, 0.6) is 0 Å². The number of fused-ring (bicyclic) bond motifs is 5. The number of imidazole rings is 1. The van der Waals surface area contributed by atoms with Crippen LogP contribution in [0.4, 0.5) is 0 Å². The smallest absolute Gasteiger partial charge is 0.263 e. The van der Waals surface area contributed by atoms with Crippen molar-refractivity contribution in [1.29, 1.82) is 0 Å². The average Bonchev–Trinajstić information content (AvgIpc) is 2.77. The van der Waals surface area contributed by atoms with Crippen LogP contribution in [0.1, 0.15) is 0 Å². The molecule has 0 fully saturated rings. The number of hydrogen-bond acceptors (Lipinski definition) is 4. The third kappa shape index (κ3) is 1.06. The second-order valence-electron chi connectivity index (χ2n) is 3.97. The molecule has 0 aliphatic rings. The fourth-order valence-corrected chi connectivity index (χ4v) is 2.15. The number of nitrogens with zero attached hydrogens (tertiary/aromatic N) is 4. The largest absolute Gasteiger partial charge is 0.291 e. The van der Waals surface area contributed by atoms with Crippen LogP contribution in [0, 0.1) is 0 Å². The molecule has 0 bridgehead atoms. The summed E-state index contributed by atoms with van der Waals surface area (Å²) in [5, 5.41) is 0.452. The molecule has 0 atom stereocenters. The lowest BCUT2D eigenvalue weighted by Crippen LogP contribution is -2.11. The van der Waals surface area contributed by atoms with Crippen molar-refractivity contribution in [2.45, 2.75) is 0 Å². The van der Waals surface area contributed by atoms with E-state index in [4.69, 9.17) is 0 Å². The summed E-state index contributed by atoms with van der Waals surface area (Å²) in [6.45, 7) is 0. The van der Waals surface area contributed by atoms with E-state index in [-0.39, 0.29) is 5.56 Å². The Morgan fingerprint density at radius 1 is 1.22 bits per heavy atom. The minimum Gasteiger partial charge on any atom is -0.291 e. The molecule has 6 nitrogen and oxygen atoms in total. The molecule has 4 rings (SSSR count). The summed E-state index contributed by atoms with van der Waals surface area (Å²) in [5.41, 5.74) is 2.07. The molecule has 86 valence electrons. The lowest BCUT2D eigenvalue weighted by Gasteiger charge is -2.00. The Labute approximate surface area is 100.0 Å². The number of benzene rings is 1. The summed E-state index contributed by atoms with van der Waals surface area (Å²) >= 11 is 0. The zero-order valence-corrected chi connectivity index (χ0v) is 9.16. The van der Waals surface area contributed by atoms with E-state index in [1.54, 1.807) is 0 Å². The molecule has 1 aromatic carbocycles. The van der Waals surface area contributed by atoms with E-state index >= 15 is 0 Å². The molecule has 0 aliphatic heterocycles. The van der Waals surface area contributed by atoms with Crippen LogP contribution in [-0.2, 0) is 0 Å². The van der Waals surface area contributed by atoms with Gasteiger partial charge in [0.05, 0.1) is 11.0 Å². The predicted molar refractivity (Wildman–Crippen MR) is 66.4 cm³/mol. The highest BCUT2D eigenvalue weighted by Gasteiger charge is 2.10. The Morgan fingerprint density at radius 2 is 2.11 bits per heavy atom. The van der Waals surface area contributed by atoms with Gasteiger partial charge in [0, 0.05) is 6.20 Å². The van der Waals surface area contributed by atoms with Crippen molar-refractivity contribution in [3.05, 3.63) is 47.1 Å². The first-order valence-corrected chi connectivity index (χ1v) is 5.44. The van der Waals surface area contributed by atoms with Crippen molar-refractivity contribution in [3.63, 3.8) is 0 Å². The molecule has 3 heterocycles. The fraction of sp³-hybridized carbons (Fsp3) is 0. The van der Waals surface area contributed by atoms with Crippen LogP contribution in [0.2, 0.25) is 0 Å².